The average molecular weight is 317 g/mol. The van der Waals surface area contributed by atoms with Gasteiger partial charge in [-0.3, -0.25) is 4.79 Å². The quantitative estimate of drug-likeness (QED) is 0.887. The maximum Gasteiger partial charge on any atom is 0.271 e. The number of nitrogens with zero attached hydrogens (tertiary/aromatic N) is 1. The van der Waals surface area contributed by atoms with Crippen LogP contribution in [0.4, 0.5) is 0 Å². The Balaban J connectivity index is 1.78. The fraction of sp³-hybridized carbons (Fsp3) is 0.375. The van der Waals surface area contributed by atoms with Crippen LogP contribution in [0.25, 0.3) is 0 Å². The van der Waals surface area contributed by atoms with E-state index in [1.165, 1.54) is 11.3 Å². The van der Waals surface area contributed by atoms with Gasteiger partial charge in [0.25, 0.3) is 5.91 Å². The van der Waals surface area contributed by atoms with Gasteiger partial charge in [0.2, 0.25) is 0 Å². The van der Waals surface area contributed by atoms with Crippen LogP contribution in [0.5, 0.6) is 0 Å². The zero-order valence-corrected chi connectivity index (χ0v) is 13.0. The van der Waals surface area contributed by atoms with E-state index in [-0.39, 0.29) is 18.1 Å². The molecule has 0 aliphatic carbocycles. The molecule has 1 amide bonds. The molecule has 1 aliphatic heterocycles. The zero-order valence-electron chi connectivity index (χ0n) is 12.2. The van der Waals surface area contributed by atoms with Gasteiger partial charge < -0.3 is 15.8 Å². The minimum atomic E-state index is -0.180. The van der Waals surface area contributed by atoms with E-state index in [0.29, 0.717) is 12.2 Å². The number of carbonyl (C=O) groups is 1. The van der Waals surface area contributed by atoms with Crippen LogP contribution < -0.4 is 11.1 Å². The third-order valence-electron chi connectivity index (χ3n) is 3.74. The molecule has 1 saturated heterocycles. The second-order valence-corrected chi connectivity index (χ2v) is 6.19. The van der Waals surface area contributed by atoms with Gasteiger partial charge >= 0.3 is 0 Å². The van der Waals surface area contributed by atoms with Crippen molar-refractivity contribution >= 4 is 17.2 Å². The second-order valence-electron chi connectivity index (χ2n) is 5.24. The van der Waals surface area contributed by atoms with E-state index < -0.39 is 0 Å². The molecule has 3 rings (SSSR count). The van der Waals surface area contributed by atoms with Crippen LogP contribution in [-0.2, 0) is 11.3 Å². The smallest absolute Gasteiger partial charge is 0.271 e. The molecular weight excluding hydrogens is 298 g/mol. The summed E-state index contributed by atoms with van der Waals surface area (Å²) < 4.78 is 5.78. The lowest BCUT2D eigenvalue weighted by Crippen LogP contribution is -2.36. The molecule has 1 aromatic heterocycles. The van der Waals surface area contributed by atoms with E-state index in [1.807, 2.05) is 30.3 Å². The van der Waals surface area contributed by atoms with E-state index in [0.717, 1.165) is 30.0 Å². The summed E-state index contributed by atoms with van der Waals surface area (Å²) in [5.41, 5.74) is 7.02. The van der Waals surface area contributed by atoms with E-state index in [9.17, 15) is 4.79 Å². The SMILES string of the molecule is NCc1nc(C(=O)NC(c2ccccc2)C2CCCO2)cs1. The standard InChI is InChI=1S/C16H19N3O2S/c17-9-14-18-12(10-22-14)16(20)19-15(13-7-4-8-21-13)11-5-2-1-3-6-11/h1-3,5-6,10,13,15H,4,7-9,17H2,(H,19,20). The third kappa shape index (κ3) is 3.35. The molecule has 0 spiro atoms. The highest BCUT2D eigenvalue weighted by atomic mass is 32.1. The lowest BCUT2D eigenvalue weighted by molar-refractivity contribution is 0.0670. The Morgan fingerprint density at radius 3 is 2.91 bits per heavy atom. The number of rotatable bonds is 5. The molecule has 2 unspecified atom stereocenters. The topological polar surface area (TPSA) is 77.2 Å². The monoisotopic (exact) mass is 317 g/mol. The zero-order chi connectivity index (χ0) is 15.4. The van der Waals surface area contributed by atoms with E-state index >= 15 is 0 Å². The van der Waals surface area contributed by atoms with Gasteiger partial charge in [-0.1, -0.05) is 30.3 Å². The van der Waals surface area contributed by atoms with Crippen LogP contribution in [0.2, 0.25) is 0 Å². The number of hydrogen-bond donors (Lipinski definition) is 2. The molecule has 1 aliphatic rings. The van der Waals surface area contributed by atoms with Gasteiger partial charge in [0, 0.05) is 18.5 Å². The second kappa shape index (κ2) is 7.00. The number of nitrogens with one attached hydrogen (secondary N) is 1. The number of nitrogens with two attached hydrogens (primary N) is 1. The first-order valence-corrected chi connectivity index (χ1v) is 8.28. The third-order valence-corrected chi connectivity index (χ3v) is 4.61. The molecule has 2 aromatic rings. The minimum absolute atomic E-state index is 0.0129. The number of aromatic nitrogens is 1. The van der Waals surface area contributed by atoms with Gasteiger partial charge in [-0.25, -0.2) is 4.98 Å². The molecule has 2 heterocycles. The fourth-order valence-electron chi connectivity index (χ4n) is 2.64. The number of carbonyl (C=O) groups excluding carboxylic acids is 1. The minimum Gasteiger partial charge on any atom is -0.376 e. The summed E-state index contributed by atoms with van der Waals surface area (Å²) in [6.45, 7) is 1.10. The Hall–Kier alpha value is -1.76. The molecular formula is C16H19N3O2S. The van der Waals surface area contributed by atoms with Crippen LogP contribution in [0.15, 0.2) is 35.7 Å². The summed E-state index contributed by atoms with van der Waals surface area (Å²) in [7, 11) is 0. The van der Waals surface area contributed by atoms with Gasteiger partial charge in [-0.05, 0) is 18.4 Å². The molecule has 1 aromatic carbocycles. The molecule has 5 nitrogen and oxygen atoms in total. The Kier molecular flexibility index (Phi) is 4.82. The van der Waals surface area contributed by atoms with Crippen LogP contribution >= 0.6 is 11.3 Å². The first-order valence-electron chi connectivity index (χ1n) is 7.40. The highest BCUT2D eigenvalue weighted by Crippen LogP contribution is 2.27. The Morgan fingerprint density at radius 2 is 2.27 bits per heavy atom. The predicted molar refractivity (Wildman–Crippen MR) is 85.6 cm³/mol. The summed E-state index contributed by atoms with van der Waals surface area (Å²) >= 11 is 1.40. The fourth-order valence-corrected chi connectivity index (χ4v) is 3.30. The molecule has 116 valence electrons. The normalized spacial score (nSPS) is 19.0. The lowest BCUT2D eigenvalue weighted by Gasteiger charge is -2.24. The van der Waals surface area contributed by atoms with Crippen molar-refractivity contribution in [2.24, 2.45) is 5.73 Å². The highest BCUT2D eigenvalue weighted by molar-refractivity contribution is 7.09. The van der Waals surface area contributed by atoms with Crippen molar-refractivity contribution in [3.8, 4) is 0 Å². The first-order chi connectivity index (χ1) is 10.8. The number of hydrogen-bond acceptors (Lipinski definition) is 5. The summed E-state index contributed by atoms with van der Waals surface area (Å²) in [4.78, 5) is 16.7. The Morgan fingerprint density at radius 1 is 1.45 bits per heavy atom. The Labute approximate surface area is 133 Å². The number of ether oxygens (including phenoxy) is 1. The van der Waals surface area contributed by atoms with Crippen molar-refractivity contribution in [1.29, 1.82) is 0 Å². The van der Waals surface area contributed by atoms with Crippen LogP contribution in [0.1, 0.15) is 39.9 Å². The molecule has 0 radical (unpaired) electrons. The maximum atomic E-state index is 12.5. The van der Waals surface area contributed by atoms with Crippen molar-refractivity contribution in [3.05, 3.63) is 52.0 Å². The molecule has 1 fully saturated rings. The summed E-state index contributed by atoms with van der Waals surface area (Å²) in [5, 5.41) is 5.58. The van der Waals surface area contributed by atoms with E-state index in [2.05, 4.69) is 10.3 Å². The summed E-state index contributed by atoms with van der Waals surface area (Å²) in [6.07, 6.45) is 1.99. The van der Waals surface area contributed by atoms with Gasteiger partial charge in [0.1, 0.15) is 10.7 Å². The van der Waals surface area contributed by atoms with Gasteiger partial charge in [-0.15, -0.1) is 11.3 Å². The Bertz CT molecular complexity index is 623. The maximum absolute atomic E-state index is 12.5. The molecule has 0 saturated carbocycles. The average Bonchev–Trinajstić information content (AvgIpc) is 3.24. The van der Waals surface area contributed by atoms with Crippen LogP contribution in [-0.4, -0.2) is 23.6 Å². The van der Waals surface area contributed by atoms with Gasteiger partial charge in [-0.2, -0.15) is 0 Å². The molecule has 22 heavy (non-hydrogen) atoms. The van der Waals surface area contributed by atoms with E-state index in [4.69, 9.17) is 10.5 Å². The van der Waals surface area contributed by atoms with Crippen molar-refractivity contribution in [3.63, 3.8) is 0 Å². The molecule has 6 heteroatoms. The van der Waals surface area contributed by atoms with Crippen LogP contribution in [0.3, 0.4) is 0 Å². The van der Waals surface area contributed by atoms with Crippen molar-refractivity contribution in [1.82, 2.24) is 10.3 Å². The van der Waals surface area contributed by atoms with Gasteiger partial charge in [0.05, 0.1) is 12.1 Å². The summed E-state index contributed by atoms with van der Waals surface area (Å²) in [6, 6.07) is 9.78. The molecule has 0 bridgehead atoms. The first kappa shape index (κ1) is 15.1. The van der Waals surface area contributed by atoms with E-state index in [1.54, 1.807) is 5.38 Å². The highest BCUT2D eigenvalue weighted by Gasteiger charge is 2.29. The van der Waals surface area contributed by atoms with Crippen molar-refractivity contribution in [2.45, 2.75) is 31.5 Å². The predicted octanol–water partition coefficient (Wildman–Crippen LogP) is 2.25. The number of thiazole rings is 1. The van der Waals surface area contributed by atoms with Crippen molar-refractivity contribution in [2.75, 3.05) is 6.61 Å². The summed E-state index contributed by atoms with van der Waals surface area (Å²) in [5.74, 6) is -0.180. The number of benzene rings is 1. The largest absolute Gasteiger partial charge is 0.376 e. The molecule has 2 atom stereocenters. The number of amides is 1. The van der Waals surface area contributed by atoms with Gasteiger partial charge in [0.15, 0.2) is 0 Å². The lowest BCUT2D eigenvalue weighted by atomic mass is 9.99. The van der Waals surface area contributed by atoms with Crippen molar-refractivity contribution < 1.29 is 9.53 Å². The van der Waals surface area contributed by atoms with Crippen LogP contribution in [0, 0.1) is 0 Å². The molecule has 3 N–H and O–H groups in total.